The maximum Gasteiger partial charge on any atom is 0.296 e. The van der Waals surface area contributed by atoms with E-state index >= 15 is 0 Å². The van der Waals surface area contributed by atoms with E-state index in [4.69, 9.17) is 0 Å². The Morgan fingerprint density at radius 1 is 1.31 bits per heavy atom. The first-order valence-electron chi connectivity index (χ1n) is 3.75. The van der Waals surface area contributed by atoms with Crippen LogP contribution in [-0.4, -0.2) is 11.7 Å². The van der Waals surface area contributed by atoms with Crippen molar-refractivity contribution in [2.24, 2.45) is 0 Å². The maximum atomic E-state index is 12.8. The largest absolute Gasteiger partial charge is 0.318 e. The highest BCUT2D eigenvalue weighted by atomic mass is 19.1. The second-order valence-electron chi connectivity index (χ2n) is 2.93. The minimum Gasteiger partial charge on any atom is -0.318 e. The number of hydrogen-bond donors (Lipinski definition) is 1. The first-order chi connectivity index (χ1) is 6.09. The van der Waals surface area contributed by atoms with Gasteiger partial charge in [-0.15, -0.1) is 0 Å². The normalized spacial score (nSPS) is 14.3. The summed E-state index contributed by atoms with van der Waals surface area (Å²) in [4.78, 5) is 22.0. The van der Waals surface area contributed by atoms with Gasteiger partial charge in [0.2, 0.25) is 0 Å². The maximum absolute atomic E-state index is 12.8. The van der Waals surface area contributed by atoms with Gasteiger partial charge >= 0.3 is 0 Å². The molecule has 4 heteroatoms. The van der Waals surface area contributed by atoms with Gasteiger partial charge in [0.1, 0.15) is 5.82 Å². The molecule has 13 heavy (non-hydrogen) atoms. The molecular formula is C9H6FNO2. The Labute approximate surface area is 73.6 Å². The van der Waals surface area contributed by atoms with Gasteiger partial charge in [0.05, 0.1) is 11.3 Å². The molecule has 0 atom stereocenters. The first kappa shape index (κ1) is 7.91. The van der Waals surface area contributed by atoms with Crippen molar-refractivity contribution >= 4 is 17.4 Å². The van der Waals surface area contributed by atoms with Crippen molar-refractivity contribution in [3.63, 3.8) is 0 Å². The number of hydrogen-bond acceptors (Lipinski definition) is 2. The highest BCUT2D eigenvalue weighted by Gasteiger charge is 2.29. The number of anilines is 1. The van der Waals surface area contributed by atoms with Gasteiger partial charge in [0, 0.05) is 0 Å². The fraction of sp³-hybridized carbons (Fsp3) is 0.111. The zero-order valence-corrected chi connectivity index (χ0v) is 6.85. The molecule has 1 amide bonds. The number of ketones is 1. The third-order valence-electron chi connectivity index (χ3n) is 1.99. The Hall–Kier alpha value is -1.71. The van der Waals surface area contributed by atoms with E-state index in [2.05, 4.69) is 5.32 Å². The Bertz CT molecular complexity index is 426. The fourth-order valence-electron chi connectivity index (χ4n) is 1.38. The van der Waals surface area contributed by atoms with Gasteiger partial charge in [-0.05, 0) is 24.6 Å². The molecule has 1 heterocycles. The summed E-state index contributed by atoms with van der Waals surface area (Å²) in [5.74, 6) is -1.86. The van der Waals surface area contributed by atoms with E-state index in [1.165, 1.54) is 6.07 Å². The Balaban J connectivity index is 2.70. The Morgan fingerprint density at radius 2 is 2.00 bits per heavy atom. The molecule has 0 saturated carbocycles. The number of halogens is 1. The molecular weight excluding hydrogens is 173 g/mol. The lowest BCUT2D eigenvalue weighted by Gasteiger charge is -2.01. The molecule has 1 N–H and O–H groups in total. The quantitative estimate of drug-likeness (QED) is 0.609. The fourth-order valence-corrected chi connectivity index (χ4v) is 1.38. The molecule has 0 bridgehead atoms. The number of aryl methyl sites for hydroxylation is 1. The smallest absolute Gasteiger partial charge is 0.296 e. The summed E-state index contributed by atoms with van der Waals surface area (Å²) in [6.45, 7) is 1.64. The molecule has 2 rings (SSSR count). The average Bonchev–Trinajstić information content (AvgIpc) is 2.32. The third-order valence-corrected chi connectivity index (χ3v) is 1.99. The van der Waals surface area contributed by atoms with Gasteiger partial charge in [-0.3, -0.25) is 9.59 Å². The Kier molecular flexibility index (Phi) is 1.45. The predicted molar refractivity (Wildman–Crippen MR) is 44.1 cm³/mol. The van der Waals surface area contributed by atoms with Crippen LogP contribution in [-0.2, 0) is 4.79 Å². The van der Waals surface area contributed by atoms with E-state index in [1.54, 1.807) is 6.92 Å². The highest BCUT2D eigenvalue weighted by Crippen LogP contribution is 2.27. The highest BCUT2D eigenvalue weighted by molar-refractivity contribution is 6.51. The van der Waals surface area contributed by atoms with Gasteiger partial charge in [0.15, 0.2) is 0 Å². The van der Waals surface area contributed by atoms with Gasteiger partial charge in [-0.25, -0.2) is 4.39 Å². The van der Waals surface area contributed by atoms with Crippen LogP contribution < -0.4 is 5.32 Å². The molecule has 1 aliphatic rings. The van der Waals surface area contributed by atoms with Crippen LogP contribution in [0, 0.1) is 12.7 Å². The number of rotatable bonds is 0. The Morgan fingerprint density at radius 3 is 2.69 bits per heavy atom. The average molecular weight is 179 g/mol. The number of carbonyl (C=O) groups is 2. The number of benzene rings is 1. The number of fused-ring (bicyclic) bond motifs is 1. The lowest BCUT2D eigenvalue weighted by Crippen LogP contribution is -2.12. The van der Waals surface area contributed by atoms with Crippen LogP contribution in [0.1, 0.15) is 15.9 Å². The van der Waals surface area contributed by atoms with Crippen molar-refractivity contribution in [1.82, 2.24) is 0 Å². The topological polar surface area (TPSA) is 46.2 Å². The standard InChI is InChI=1S/C9H6FNO2/c1-4-2-5(10)3-6-7(4)11-9(13)8(6)12/h2-3H,1H3,(H,11,12,13). The van der Waals surface area contributed by atoms with Crippen LogP contribution in [0.2, 0.25) is 0 Å². The summed E-state index contributed by atoms with van der Waals surface area (Å²) >= 11 is 0. The molecule has 1 aliphatic heterocycles. The molecule has 0 saturated heterocycles. The minimum absolute atomic E-state index is 0.127. The molecule has 1 aromatic rings. The van der Waals surface area contributed by atoms with E-state index in [-0.39, 0.29) is 5.56 Å². The van der Waals surface area contributed by atoms with Crippen molar-refractivity contribution in [2.45, 2.75) is 6.92 Å². The summed E-state index contributed by atoms with van der Waals surface area (Å²) in [5, 5.41) is 2.39. The van der Waals surface area contributed by atoms with E-state index < -0.39 is 17.5 Å². The van der Waals surface area contributed by atoms with Crippen molar-refractivity contribution in [3.8, 4) is 0 Å². The molecule has 0 radical (unpaired) electrons. The van der Waals surface area contributed by atoms with E-state index in [1.807, 2.05) is 0 Å². The zero-order valence-electron chi connectivity index (χ0n) is 6.85. The van der Waals surface area contributed by atoms with Crippen LogP contribution in [0.25, 0.3) is 0 Å². The molecule has 0 spiro atoms. The number of amides is 1. The van der Waals surface area contributed by atoms with Crippen LogP contribution in [0.5, 0.6) is 0 Å². The molecule has 1 aromatic carbocycles. The summed E-state index contributed by atoms with van der Waals surface area (Å²) < 4.78 is 12.8. The van der Waals surface area contributed by atoms with Crippen LogP contribution in [0.15, 0.2) is 12.1 Å². The molecule has 66 valence electrons. The van der Waals surface area contributed by atoms with Crippen molar-refractivity contribution < 1.29 is 14.0 Å². The van der Waals surface area contributed by atoms with Crippen LogP contribution in [0.4, 0.5) is 10.1 Å². The summed E-state index contributed by atoms with van der Waals surface area (Å²) in [6, 6.07) is 2.35. The summed E-state index contributed by atoms with van der Waals surface area (Å²) in [5.41, 5.74) is 1.12. The van der Waals surface area contributed by atoms with Gasteiger partial charge in [-0.1, -0.05) is 0 Å². The summed E-state index contributed by atoms with van der Waals surface area (Å²) in [6.07, 6.45) is 0. The second-order valence-corrected chi connectivity index (χ2v) is 2.93. The molecule has 0 unspecified atom stereocenters. The van der Waals surface area contributed by atoms with Crippen LogP contribution in [0.3, 0.4) is 0 Å². The van der Waals surface area contributed by atoms with E-state index in [0.717, 1.165) is 6.07 Å². The number of nitrogens with one attached hydrogen (secondary N) is 1. The molecule has 0 fully saturated rings. The number of carbonyl (C=O) groups excluding carboxylic acids is 2. The SMILES string of the molecule is Cc1cc(F)cc2c1NC(=O)C2=O. The summed E-state index contributed by atoms with van der Waals surface area (Å²) in [7, 11) is 0. The van der Waals surface area contributed by atoms with Crippen LogP contribution >= 0.6 is 0 Å². The van der Waals surface area contributed by atoms with Crippen molar-refractivity contribution in [1.29, 1.82) is 0 Å². The van der Waals surface area contributed by atoms with E-state index in [9.17, 15) is 14.0 Å². The molecule has 0 aliphatic carbocycles. The van der Waals surface area contributed by atoms with Gasteiger partial charge < -0.3 is 5.32 Å². The molecule has 0 aromatic heterocycles. The first-order valence-corrected chi connectivity index (χ1v) is 3.75. The number of Topliss-reactive ketones (excluding diaryl/α,β-unsaturated/α-hetero) is 1. The lowest BCUT2D eigenvalue weighted by molar-refractivity contribution is -0.112. The molecule has 3 nitrogen and oxygen atoms in total. The minimum atomic E-state index is -0.691. The van der Waals surface area contributed by atoms with E-state index in [0.29, 0.717) is 11.3 Å². The third kappa shape index (κ3) is 1.02. The van der Waals surface area contributed by atoms with Crippen molar-refractivity contribution in [2.75, 3.05) is 5.32 Å². The monoisotopic (exact) mass is 179 g/mol. The lowest BCUT2D eigenvalue weighted by atomic mass is 10.1. The predicted octanol–water partition coefficient (Wildman–Crippen LogP) is 1.27. The van der Waals surface area contributed by atoms with Gasteiger partial charge in [0.25, 0.3) is 11.7 Å². The van der Waals surface area contributed by atoms with Gasteiger partial charge in [-0.2, -0.15) is 0 Å². The second kappa shape index (κ2) is 2.39. The van der Waals surface area contributed by atoms with Crippen molar-refractivity contribution in [3.05, 3.63) is 29.1 Å². The zero-order chi connectivity index (χ0) is 9.59.